The minimum atomic E-state index is -0.795. The Kier molecular flexibility index (Phi) is 5.78. The van der Waals surface area contributed by atoms with Crippen molar-refractivity contribution in [2.75, 3.05) is 42.9 Å². The third-order valence-corrected chi connectivity index (χ3v) is 4.43. The molecule has 7 heteroatoms. The molecule has 1 amide bonds. The number of rotatable bonds is 5. The Bertz CT molecular complexity index is 776. The van der Waals surface area contributed by atoms with Crippen LogP contribution in [-0.2, 0) is 4.79 Å². The Morgan fingerprint density at radius 3 is 2.38 bits per heavy atom. The van der Waals surface area contributed by atoms with Crippen molar-refractivity contribution < 1.29 is 18.0 Å². The third-order valence-electron chi connectivity index (χ3n) is 4.43. The second-order valence-electron chi connectivity index (χ2n) is 6.20. The first-order valence-corrected chi connectivity index (χ1v) is 8.49. The maximum Gasteiger partial charge on any atom is 0.225 e. The molecule has 1 saturated heterocycles. The number of anilines is 2. The number of nitrogens with one attached hydrogen (secondary N) is 1. The van der Waals surface area contributed by atoms with Gasteiger partial charge in [0.15, 0.2) is 0 Å². The zero-order chi connectivity index (χ0) is 18.5. The lowest BCUT2D eigenvalue weighted by molar-refractivity contribution is -0.116. The van der Waals surface area contributed by atoms with Crippen LogP contribution in [0.15, 0.2) is 42.5 Å². The van der Waals surface area contributed by atoms with Crippen LogP contribution in [0.3, 0.4) is 0 Å². The van der Waals surface area contributed by atoms with Crippen LogP contribution in [0.2, 0.25) is 0 Å². The average Bonchev–Trinajstić information content (AvgIpc) is 2.63. The molecule has 1 fully saturated rings. The van der Waals surface area contributed by atoms with Gasteiger partial charge in [-0.25, -0.2) is 13.2 Å². The van der Waals surface area contributed by atoms with E-state index >= 15 is 0 Å². The summed E-state index contributed by atoms with van der Waals surface area (Å²) >= 11 is 0. The van der Waals surface area contributed by atoms with Crippen LogP contribution in [0.4, 0.5) is 24.5 Å². The average molecular weight is 363 g/mol. The summed E-state index contributed by atoms with van der Waals surface area (Å²) in [5.74, 6) is -2.04. The standard InChI is InChI=1S/C19H20F3N3O/c20-14-5-6-17(16(22)13-14)23-19(26)7-8-24-9-11-25(12-10-24)18-4-2-1-3-15(18)21/h1-6,13H,7-12H2,(H,23,26). The predicted molar refractivity (Wildman–Crippen MR) is 94.7 cm³/mol. The number of benzene rings is 2. The summed E-state index contributed by atoms with van der Waals surface area (Å²) in [6.07, 6.45) is 0.205. The quantitative estimate of drug-likeness (QED) is 0.886. The van der Waals surface area contributed by atoms with Crippen molar-refractivity contribution in [3.05, 3.63) is 59.9 Å². The van der Waals surface area contributed by atoms with Gasteiger partial charge in [-0.15, -0.1) is 0 Å². The summed E-state index contributed by atoms with van der Waals surface area (Å²) in [6.45, 7) is 3.31. The highest BCUT2D eigenvalue weighted by atomic mass is 19.1. The number of para-hydroxylation sites is 1. The summed E-state index contributed by atoms with van der Waals surface area (Å²) in [7, 11) is 0. The van der Waals surface area contributed by atoms with Gasteiger partial charge in [0.05, 0.1) is 11.4 Å². The molecule has 0 atom stereocenters. The van der Waals surface area contributed by atoms with Crippen LogP contribution < -0.4 is 10.2 Å². The molecular formula is C19H20F3N3O. The second kappa shape index (κ2) is 8.23. The van der Waals surface area contributed by atoms with Crippen molar-refractivity contribution in [3.63, 3.8) is 0 Å². The highest BCUT2D eigenvalue weighted by Gasteiger charge is 2.19. The lowest BCUT2D eigenvalue weighted by Crippen LogP contribution is -2.47. The molecule has 1 aliphatic rings. The number of piperazine rings is 1. The van der Waals surface area contributed by atoms with Gasteiger partial charge in [0.25, 0.3) is 0 Å². The molecule has 2 aromatic rings. The largest absolute Gasteiger partial charge is 0.367 e. The van der Waals surface area contributed by atoms with Crippen LogP contribution in [0, 0.1) is 17.5 Å². The van der Waals surface area contributed by atoms with Crippen molar-refractivity contribution in [1.82, 2.24) is 4.90 Å². The van der Waals surface area contributed by atoms with Gasteiger partial charge in [-0.3, -0.25) is 9.69 Å². The molecule has 4 nitrogen and oxygen atoms in total. The molecule has 0 radical (unpaired) electrons. The molecule has 3 rings (SSSR count). The zero-order valence-electron chi connectivity index (χ0n) is 14.2. The molecular weight excluding hydrogens is 343 g/mol. The van der Waals surface area contributed by atoms with E-state index in [2.05, 4.69) is 10.2 Å². The Morgan fingerprint density at radius 1 is 0.962 bits per heavy atom. The molecule has 0 spiro atoms. The van der Waals surface area contributed by atoms with Crippen molar-refractivity contribution in [2.45, 2.75) is 6.42 Å². The van der Waals surface area contributed by atoms with Gasteiger partial charge >= 0.3 is 0 Å². The lowest BCUT2D eigenvalue weighted by Gasteiger charge is -2.36. The number of amides is 1. The summed E-state index contributed by atoms with van der Waals surface area (Å²) in [5, 5.41) is 2.45. The Morgan fingerprint density at radius 2 is 1.69 bits per heavy atom. The fraction of sp³-hybridized carbons (Fsp3) is 0.316. The van der Waals surface area contributed by atoms with E-state index in [0.717, 1.165) is 12.1 Å². The Labute approximate surface area is 150 Å². The summed E-state index contributed by atoms with van der Waals surface area (Å²) in [6, 6.07) is 9.71. The molecule has 0 unspecified atom stereocenters. The lowest BCUT2D eigenvalue weighted by atomic mass is 10.2. The second-order valence-corrected chi connectivity index (χ2v) is 6.20. The number of halogens is 3. The van der Waals surface area contributed by atoms with Gasteiger partial charge in [0.2, 0.25) is 5.91 Å². The van der Waals surface area contributed by atoms with E-state index in [1.165, 1.54) is 12.1 Å². The minimum absolute atomic E-state index is 0.0271. The van der Waals surface area contributed by atoms with Gasteiger partial charge in [-0.1, -0.05) is 12.1 Å². The number of carbonyl (C=O) groups is 1. The van der Waals surface area contributed by atoms with Crippen LogP contribution in [-0.4, -0.2) is 43.5 Å². The van der Waals surface area contributed by atoms with E-state index in [-0.39, 0.29) is 23.8 Å². The Balaban J connectivity index is 1.45. The van der Waals surface area contributed by atoms with E-state index in [0.29, 0.717) is 38.4 Å². The molecule has 0 aliphatic carbocycles. The van der Waals surface area contributed by atoms with Crippen LogP contribution in [0.5, 0.6) is 0 Å². The van der Waals surface area contributed by atoms with Crippen LogP contribution in [0.1, 0.15) is 6.42 Å². The van der Waals surface area contributed by atoms with E-state index in [4.69, 9.17) is 0 Å². The van der Waals surface area contributed by atoms with Gasteiger partial charge in [-0.2, -0.15) is 0 Å². The molecule has 1 heterocycles. The predicted octanol–water partition coefficient (Wildman–Crippen LogP) is 3.25. The van der Waals surface area contributed by atoms with Gasteiger partial charge in [0, 0.05) is 45.2 Å². The fourth-order valence-corrected chi connectivity index (χ4v) is 2.98. The monoisotopic (exact) mass is 363 g/mol. The Hall–Kier alpha value is -2.54. The van der Waals surface area contributed by atoms with Gasteiger partial charge < -0.3 is 10.2 Å². The van der Waals surface area contributed by atoms with E-state index in [9.17, 15) is 18.0 Å². The fourth-order valence-electron chi connectivity index (χ4n) is 2.98. The topological polar surface area (TPSA) is 35.6 Å². The van der Waals surface area contributed by atoms with E-state index in [1.807, 2.05) is 11.0 Å². The van der Waals surface area contributed by atoms with Crippen LogP contribution >= 0.6 is 0 Å². The van der Waals surface area contributed by atoms with Crippen molar-refractivity contribution in [2.24, 2.45) is 0 Å². The summed E-state index contributed by atoms with van der Waals surface area (Å²) in [4.78, 5) is 16.1. The maximum absolute atomic E-state index is 13.8. The molecule has 0 saturated carbocycles. The minimum Gasteiger partial charge on any atom is -0.367 e. The highest BCUT2D eigenvalue weighted by Crippen LogP contribution is 2.20. The molecule has 0 aromatic heterocycles. The highest BCUT2D eigenvalue weighted by molar-refractivity contribution is 5.90. The van der Waals surface area contributed by atoms with E-state index < -0.39 is 11.6 Å². The first kappa shape index (κ1) is 18.3. The van der Waals surface area contributed by atoms with Crippen molar-refractivity contribution in [3.8, 4) is 0 Å². The normalized spacial score (nSPS) is 15.1. The molecule has 26 heavy (non-hydrogen) atoms. The van der Waals surface area contributed by atoms with Gasteiger partial charge in [-0.05, 0) is 24.3 Å². The number of hydrogen-bond acceptors (Lipinski definition) is 3. The number of hydrogen-bond donors (Lipinski definition) is 1. The third kappa shape index (κ3) is 4.54. The zero-order valence-corrected chi connectivity index (χ0v) is 14.2. The van der Waals surface area contributed by atoms with Crippen LogP contribution in [0.25, 0.3) is 0 Å². The maximum atomic E-state index is 13.8. The molecule has 0 bridgehead atoms. The first-order valence-electron chi connectivity index (χ1n) is 8.49. The van der Waals surface area contributed by atoms with Crippen molar-refractivity contribution in [1.29, 1.82) is 0 Å². The molecule has 1 N–H and O–H groups in total. The smallest absolute Gasteiger partial charge is 0.225 e. The SMILES string of the molecule is O=C(CCN1CCN(c2ccccc2F)CC1)Nc1ccc(F)cc1F. The molecule has 2 aromatic carbocycles. The molecule has 138 valence electrons. The first-order chi connectivity index (χ1) is 12.5. The van der Waals surface area contributed by atoms with E-state index in [1.54, 1.807) is 12.1 Å². The number of carbonyl (C=O) groups excluding carboxylic acids is 1. The summed E-state index contributed by atoms with van der Waals surface area (Å²) < 4.78 is 40.2. The van der Waals surface area contributed by atoms with Gasteiger partial charge in [0.1, 0.15) is 17.5 Å². The van der Waals surface area contributed by atoms with Crippen molar-refractivity contribution >= 4 is 17.3 Å². The number of nitrogens with zero attached hydrogens (tertiary/aromatic N) is 2. The molecule has 1 aliphatic heterocycles. The summed E-state index contributed by atoms with van der Waals surface area (Å²) in [5.41, 5.74) is 0.567.